The zero-order valence-corrected chi connectivity index (χ0v) is 13.3. The zero-order valence-electron chi connectivity index (χ0n) is 13.3. The quantitative estimate of drug-likeness (QED) is 0.454. The smallest absolute Gasteiger partial charge is 0.388 e. The van der Waals surface area contributed by atoms with E-state index in [0.29, 0.717) is 12.1 Å². The normalized spacial score (nSPS) is 24.3. The van der Waals surface area contributed by atoms with Gasteiger partial charge in [-0.15, -0.1) is 0 Å². The number of nitrogens with one attached hydrogen (secondary N) is 1. The summed E-state index contributed by atoms with van der Waals surface area (Å²) < 4.78 is 76.5. The maximum absolute atomic E-state index is 12.8. The molecule has 0 amide bonds. The van der Waals surface area contributed by atoms with Gasteiger partial charge >= 0.3 is 12.4 Å². The van der Waals surface area contributed by atoms with Gasteiger partial charge in [0, 0.05) is 12.6 Å². The molecule has 1 aromatic carbocycles. The topological polar surface area (TPSA) is 75.4 Å². The summed E-state index contributed by atoms with van der Waals surface area (Å²) in [5.41, 5.74) is -4.14. The maximum Gasteiger partial charge on any atom is 0.416 e. The molecule has 0 spiro atoms. The molecule has 0 heterocycles. The average molecular weight is 386 g/mol. The van der Waals surface area contributed by atoms with Gasteiger partial charge in [0.25, 0.3) is 5.69 Å². The molecule has 146 valence electrons. The Balaban J connectivity index is 2.17. The standard InChI is InChI=1S/C15H16F6N2O3/c16-14(17,18)9-3-4-11(12(6-9)23(25)26)22-8-13(24)5-1-2-10(7-13)15(19,20)21/h3-4,6,10,22,24H,1-2,5,7-8H2. The molecule has 26 heavy (non-hydrogen) atoms. The molecule has 1 aliphatic rings. The first kappa shape index (κ1) is 20.3. The van der Waals surface area contributed by atoms with Crippen molar-refractivity contribution in [1.82, 2.24) is 0 Å². The molecule has 0 aliphatic heterocycles. The van der Waals surface area contributed by atoms with Gasteiger partial charge in [-0.3, -0.25) is 10.1 Å². The monoisotopic (exact) mass is 386 g/mol. The van der Waals surface area contributed by atoms with E-state index in [4.69, 9.17) is 0 Å². The molecule has 1 saturated carbocycles. The molecule has 0 aromatic heterocycles. The molecule has 11 heteroatoms. The Kier molecular flexibility index (Phi) is 5.41. The molecule has 2 rings (SSSR count). The van der Waals surface area contributed by atoms with Crippen LogP contribution in [-0.2, 0) is 6.18 Å². The first-order valence-electron chi connectivity index (χ1n) is 7.70. The van der Waals surface area contributed by atoms with E-state index in [9.17, 15) is 41.6 Å². The molecule has 2 atom stereocenters. The highest BCUT2D eigenvalue weighted by Gasteiger charge is 2.47. The van der Waals surface area contributed by atoms with Crippen molar-refractivity contribution in [2.24, 2.45) is 5.92 Å². The lowest BCUT2D eigenvalue weighted by Crippen LogP contribution is -2.45. The lowest BCUT2D eigenvalue weighted by molar-refractivity contribution is -0.384. The molecule has 1 aromatic rings. The molecular formula is C15H16F6N2O3. The Labute approximate surface area is 144 Å². The second-order valence-electron chi connectivity index (χ2n) is 6.40. The fraction of sp³-hybridized carbons (Fsp3) is 0.600. The van der Waals surface area contributed by atoms with Crippen LogP contribution < -0.4 is 5.32 Å². The number of halogens is 6. The lowest BCUT2D eigenvalue weighted by Gasteiger charge is -2.37. The SMILES string of the molecule is O=[N+]([O-])c1cc(C(F)(F)F)ccc1NCC1(O)CCCC(C(F)(F)F)C1. The van der Waals surface area contributed by atoms with Crippen molar-refractivity contribution in [2.75, 3.05) is 11.9 Å². The van der Waals surface area contributed by atoms with Crippen molar-refractivity contribution in [3.8, 4) is 0 Å². The predicted octanol–water partition coefficient (Wildman–Crippen LogP) is 4.51. The minimum Gasteiger partial charge on any atom is -0.388 e. The van der Waals surface area contributed by atoms with Gasteiger partial charge in [0.05, 0.1) is 22.0 Å². The largest absolute Gasteiger partial charge is 0.416 e. The first-order valence-corrected chi connectivity index (χ1v) is 7.70. The van der Waals surface area contributed by atoms with Crippen molar-refractivity contribution in [3.63, 3.8) is 0 Å². The molecule has 5 nitrogen and oxygen atoms in total. The van der Waals surface area contributed by atoms with Crippen LogP contribution in [0.15, 0.2) is 18.2 Å². The molecular weight excluding hydrogens is 370 g/mol. The molecule has 1 fully saturated rings. The average Bonchev–Trinajstić information content (AvgIpc) is 2.51. The molecule has 0 radical (unpaired) electrons. The van der Waals surface area contributed by atoms with Crippen molar-refractivity contribution in [3.05, 3.63) is 33.9 Å². The molecule has 2 unspecified atom stereocenters. The van der Waals surface area contributed by atoms with E-state index >= 15 is 0 Å². The Morgan fingerprint density at radius 2 is 1.92 bits per heavy atom. The number of rotatable bonds is 4. The van der Waals surface area contributed by atoms with Crippen LogP contribution in [-0.4, -0.2) is 28.4 Å². The second-order valence-corrected chi connectivity index (χ2v) is 6.40. The molecule has 1 aliphatic carbocycles. The lowest BCUT2D eigenvalue weighted by atomic mass is 9.77. The number of hydrogen-bond donors (Lipinski definition) is 2. The van der Waals surface area contributed by atoms with Crippen LogP contribution in [0.4, 0.5) is 37.7 Å². The number of anilines is 1. The van der Waals surface area contributed by atoms with Gasteiger partial charge in [-0.1, -0.05) is 0 Å². The van der Waals surface area contributed by atoms with Gasteiger partial charge in [0.2, 0.25) is 0 Å². The van der Waals surface area contributed by atoms with Crippen LogP contribution in [0.1, 0.15) is 31.2 Å². The van der Waals surface area contributed by atoms with Crippen LogP contribution in [0.2, 0.25) is 0 Å². The third kappa shape index (κ3) is 4.77. The van der Waals surface area contributed by atoms with Gasteiger partial charge in [-0.05, 0) is 37.8 Å². The highest BCUT2D eigenvalue weighted by Crippen LogP contribution is 2.42. The van der Waals surface area contributed by atoms with Crippen molar-refractivity contribution in [2.45, 2.75) is 43.6 Å². The van der Waals surface area contributed by atoms with Crippen LogP contribution in [0.25, 0.3) is 0 Å². The van der Waals surface area contributed by atoms with Crippen molar-refractivity contribution >= 4 is 11.4 Å². The molecule has 2 N–H and O–H groups in total. The summed E-state index contributed by atoms with van der Waals surface area (Å²) in [6.45, 7) is -0.439. The van der Waals surface area contributed by atoms with Crippen molar-refractivity contribution in [1.29, 1.82) is 0 Å². The number of nitro benzene ring substituents is 1. The van der Waals surface area contributed by atoms with Gasteiger partial charge in [-0.2, -0.15) is 26.3 Å². The number of aliphatic hydroxyl groups is 1. The maximum atomic E-state index is 12.8. The van der Waals surface area contributed by atoms with Gasteiger partial charge in [0.1, 0.15) is 5.69 Å². The fourth-order valence-electron chi connectivity index (χ4n) is 3.05. The van der Waals surface area contributed by atoms with E-state index in [1.807, 2.05) is 0 Å². The van der Waals surface area contributed by atoms with Gasteiger partial charge < -0.3 is 10.4 Å². The molecule has 0 saturated heterocycles. The van der Waals surface area contributed by atoms with Gasteiger partial charge in [0.15, 0.2) is 0 Å². The Morgan fingerprint density at radius 1 is 1.27 bits per heavy atom. The van der Waals surface area contributed by atoms with E-state index in [2.05, 4.69) is 5.32 Å². The second kappa shape index (κ2) is 6.93. The highest BCUT2D eigenvalue weighted by atomic mass is 19.4. The summed E-state index contributed by atoms with van der Waals surface area (Å²) in [7, 11) is 0. The third-order valence-electron chi connectivity index (χ3n) is 4.41. The van der Waals surface area contributed by atoms with E-state index < -0.39 is 53.0 Å². The van der Waals surface area contributed by atoms with Crippen LogP contribution in [0.5, 0.6) is 0 Å². The fourth-order valence-corrected chi connectivity index (χ4v) is 3.05. The zero-order chi connectivity index (χ0) is 19.8. The summed E-state index contributed by atoms with van der Waals surface area (Å²) in [4.78, 5) is 9.98. The number of benzene rings is 1. The molecule has 0 bridgehead atoms. The minimum atomic E-state index is -4.77. The van der Waals surface area contributed by atoms with E-state index in [1.165, 1.54) is 0 Å². The predicted molar refractivity (Wildman–Crippen MR) is 79.6 cm³/mol. The Bertz CT molecular complexity index is 676. The van der Waals surface area contributed by atoms with E-state index in [0.717, 1.165) is 6.07 Å². The number of nitrogens with zero attached hydrogens (tertiary/aromatic N) is 1. The number of alkyl halides is 6. The van der Waals surface area contributed by atoms with Crippen LogP contribution in [0, 0.1) is 16.0 Å². The summed E-state index contributed by atoms with van der Waals surface area (Å²) in [6.07, 6.45) is -9.75. The summed E-state index contributed by atoms with van der Waals surface area (Å²) in [6, 6.07) is 1.79. The van der Waals surface area contributed by atoms with E-state index in [-0.39, 0.29) is 24.9 Å². The Morgan fingerprint density at radius 3 is 2.46 bits per heavy atom. The Hall–Kier alpha value is -2.04. The summed E-state index contributed by atoms with van der Waals surface area (Å²) in [5.74, 6) is -1.69. The summed E-state index contributed by atoms with van der Waals surface area (Å²) in [5, 5.41) is 23.8. The van der Waals surface area contributed by atoms with Crippen LogP contribution in [0.3, 0.4) is 0 Å². The summed E-state index contributed by atoms with van der Waals surface area (Å²) >= 11 is 0. The first-order chi connectivity index (χ1) is 11.8. The highest BCUT2D eigenvalue weighted by molar-refractivity contribution is 5.63. The van der Waals surface area contributed by atoms with Crippen LogP contribution >= 0.6 is 0 Å². The van der Waals surface area contributed by atoms with Crippen molar-refractivity contribution < 1.29 is 36.4 Å². The van der Waals surface area contributed by atoms with E-state index in [1.54, 1.807) is 0 Å². The van der Waals surface area contributed by atoms with Gasteiger partial charge in [-0.25, -0.2) is 0 Å². The number of hydrogen-bond acceptors (Lipinski definition) is 4. The third-order valence-corrected chi connectivity index (χ3v) is 4.41. The minimum absolute atomic E-state index is 0.0566. The number of nitro groups is 1.